The Morgan fingerprint density at radius 1 is 1.00 bits per heavy atom. The van der Waals surface area contributed by atoms with E-state index in [2.05, 4.69) is 5.32 Å². The summed E-state index contributed by atoms with van der Waals surface area (Å²) in [7, 11) is -3.64. The zero-order valence-electron chi connectivity index (χ0n) is 22.9. The van der Waals surface area contributed by atoms with Crippen LogP contribution in [0.15, 0.2) is 72.8 Å². The standard InChI is InChI=1S/C30H35N3O6S/c1-4-13-33(40(3,36)37)25-15-22-14-24(17-25)28(34)32-27(23-10-6-5-7-11-23)20-38-26-12-8-9-21(16-26)18-30(2,31)29(35)39-19-22/h5-12,14-17,27H,4,13,18-20,31H2,1-3H3,(H,32,34). The Balaban J connectivity index is 1.79. The molecule has 0 fully saturated rings. The summed E-state index contributed by atoms with van der Waals surface area (Å²) in [5.41, 5.74) is 7.66. The summed E-state index contributed by atoms with van der Waals surface area (Å²) in [5.74, 6) is -0.488. The molecule has 3 aromatic carbocycles. The third-order valence-electron chi connectivity index (χ3n) is 6.58. The van der Waals surface area contributed by atoms with E-state index in [9.17, 15) is 18.0 Å². The predicted octanol–water partition coefficient (Wildman–Crippen LogP) is 3.73. The van der Waals surface area contributed by atoms with E-state index in [1.807, 2.05) is 55.5 Å². The zero-order valence-corrected chi connectivity index (χ0v) is 23.7. The maximum absolute atomic E-state index is 13.6. The van der Waals surface area contributed by atoms with Crippen LogP contribution < -0.4 is 20.1 Å². The van der Waals surface area contributed by atoms with E-state index in [-0.39, 0.29) is 31.7 Å². The van der Waals surface area contributed by atoms with Gasteiger partial charge in [0.1, 0.15) is 24.5 Å². The zero-order chi connectivity index (χ0) is 28.9. The number of rotatable bonds is 5. The van der Waals surface area contributed by atoms with E-state index in [0.717, 1.165) is 17.4 Å². The van der Waals surface area contributed by atoms with Crippen LogP contribution >= 0.6 is 0 Å². The molecule has 40 heavy (non-hydrogen) atoms. The van der Waals surface area contributed by atoms with E-state index in [0.29, 0.717) is 23.4 Å². The number of fused-ring (bicyclic) bond motifs is 4. The van der Waals surface area contributed by atoms with Gasteiger partial charge in [0, 0.05) is 18.5 Å². The van der Waals surface area contributed by atoms with Gasteiger partial charge in [0.15, 0.2) is 0 Å². The van der Waals surface area contributed by atoms with Crippen LogP contribution in [-0.4, -0.2) is 45.2 Å². The molecule has 1 heterocycles. The number of cyclic esters (lactones) is 1. The fourth-order valence-corrected chi connectivity index (χ4v) is 5.61. The van der Waals surface area contributed by atoms with Crippen LogP contribution in [0.1, 0.15) is 53.4 Å². The second-order valence-corrected chi connectivity index (χ2v) is 12.2. The number of nitrogens with two attached hydrogens (primary N) is 1. The second-order valence-electron chi connectivity index (χ2n) is 10.3. The van der Waals surface area contributed by atoms with E-state index < -0.39 is 33.5 Å². The van der Waals surface area contributed by atoms with Gasteiger partial charge in [-0.15, -0.1) is 0 Å². The normalized spacial score (nSPS) is 20.1. The smallest absolute Gasteiger partial charge is 0.326 e. The number of ether oxygens (including phenoxy) is 2. The van der Waals surface area contributed by atoms with Crippen LogP contribution in [0.4, 0.5) is 5.69 Å². The van der Waals surface area contributed by atoms with Crippen LogP contribution in [0.25, 0.3) is 0 Å². The Hall–Kier alpha value is -3.89. The van der Waals surface area contributed by atoms with Crippen molar-refractivity contribution in [1.82, 2.24) is 5.32 Å². The fraction of sp³-hybridized carbons (Fsp3) is 0.333. The summed E-state index contributed by atoms with van der Waals surface area (Å²) in [6.45, 7) is 3.64. The van der Waals surface area contributed by atoms with Crippen LogP contribution in [0, 0.1) is 0 Å². The number of carbonyl (C=O) groups is 2. The van der Waals surface area contributed by atoms with Crippen LogP contribution in [0.2, 0.25) is 0 Å². The number of sulfonamides is 1. The maximum Gasteiger partial charge on any atom is 0.326 e. The number of anilines is 1. The third-order valence-corrected chi connectivity index (χ3v) is 7.78. The number of carbonyl (C=O) groups excluding carboxylic acids is 2. The molecule has 10 heteroatoms. The van der Waals surface area contributed by atoms with E-state index >= 15 is 0 Å². The molecule has 0 saturated heterocycles. The summed E-state index contributed by atoms with van der Waals surface area (Å²) >= 11 is 0. The molecule has 4 rings (SSSR count). The molecule has 0 spiro atoms. The highest BCUT2D eigenvalue weighted by atomic mass is 32.2. The summed E-state index contributed by atoms with van der Waals surface area (Å²) in [6, 6.07) is 21.0. The van der Waals surface area contributed by atoms with E-state index in [4.69, 9.17) is 15.2 Å². The molecule has 0 radical (unpaired) electrons. The van der Waals surface area contributed by atoms with Crippen molar-refractivity contribution in [3.63, 3.8) is 0 Å². The molecule has 1 amide bonds. The van der Waals surface area contributed by atoms with Crippen LogP contribution in [-0.2, 0) is 32.6 Å². The van der Waals surface area contributed by atoms with Crippen LogP contribution in [0.5, 0.6) is 5.75 Å². The molecule has 1 aliphatic heterocycles. The fourth-order valence-electron chi connectivity index (χ4n) is 4.60. The van der Waals surface area contributed by atoms with Crippen molar-refractivity contribution in [1.29, 1.82) is 0 Å². The van der Waals surface area contributed by atoms with Crippen molar-refractivity contribution in [2.75, 3.05) is 23.7 Å². The van der Waals surface area contributed by atoms with Crippen LogP contribution in [0.3, 0.4) is 0 Å². The first-order valence-electron chi connectivity index (χ1n) is 13.1. The van der Waals surface area contributed by atoms with Crippen molar-refractivity contribution in [2.24, 2.45) is 5.73 Å². The minimum Gasteiger partial charge on any atom is -0.491 e. The van der Waals surface area contributed by atoms with Gasteiger partial charge in [0.05, 0.1) is 18.0 Å². The lowest BCUT2D eigenvalue weighted by Gasteiger charge is -2.26. The lowest BCUT2D eigenvalue weighted by Crippen LogP contribution is -2.48. The van der Waals surface area contributed by atoms with Gasteiger partial charge in [-0.25, -0.2) is 8.42 Å². The van der Waals surface area contributed by atoms with Gasteiger partial charge >= 0.3 is 5.97 Å². The van der Waals surface area contributed by atoms with Gasteiger partial charge in [-0.2, -0.15) is 0 Å². The monoisotopic (exact) mass is 565 g/mol. The summed E-state index contributed by atoms with van der Waals surface area (Å²) < 4.78 is 38.2. The Morgan fingerprint density at radius 3 is 2.45 bits per heavy atom. The molecule has 2 atom stereocenters. The minimum atomic E-state index is -3.64. The Morgan fingerprint density at radius 2 is 1.75 bits per heavy atom. The average Bonchev–Trinajstić information content (AvgIpc) is 2.91. The molecule has 3 N–H and O–H groups in total. The molecule has 212 valence electrons. The maximum atomic E-state index is 13.6. The van der Waals surface area contributed by atoms with Gasteiger partial charge in [-0.3, -0.25) is 13.9 Å². The molecule has 1 aliphatic rings. The number of amides is 1. The highest BCUT2D eigenvalue weighted by Crippen LogP contribution is 2.26. The average molecular weight is 566 g/mol. The topological polar surface area (TPSA) is 128 Å². The first kappa shape index (κ1) is 29.1. The third kappa shape index (κ3) is 7.19. The van der Waals surface area contributed by atoms with Crippen molar-refractivity contribution >= 4 is 27.6 Å². The van der Waals surface area contributed by atoms with Crippen molar-refractivity contribution in [3.8, 4) is 5.75 Å². The largest absolute Gasteiger partial charge is 0.491 e. The molecule has 9 nitrogen and oxygen atoms in total. The Bertz CT molecular complexity index is 1470. The lowest BCUT2D eigenvalue weighted by molar-refractivity contribution is -0.150. The van der Waals surface area contributed by atoms with Gasteiger partial charge < -0.3 is 20.5 Å². The molecule has 0 aliphatic carbocycles. The number of esters is 1. The molecular weight excluding hydrogens is 530 g/mol. The van der Waals surface area contributed by atoms with Crippen molar-refractivity contribution in [3.05, 3.63) is 95.1 Å². The predicted molar refractivity (Wildman–Crippen MR) is 154 cm³/mol. The van der Waals surface area contributed by atoms with Crippen molar-refractivity contribution in [2.45, 2.75) is 44.9 Å². The van der Waals surface area contributed by atoms with Crippen molar-refractivity contribution < 1.29 is 27.5 Å². The molecule has 0 aromatic heterocycles. The van der Waals surface area contributed by atoms with Gasteiger partial charge in [-0.1, -0.05) is 49.4 Å². The lowest BCUT2D eigenvalue weighted by atomic mass is 9.94. The summed E-state index contributed by atoms with van der Waals surface area (Å²) in [5, 5.41) is 3.03. The number of hydrogen-bond donors (Lipinski definition) is 2. The molecule has 0 saturated carbocycles. The Kier molecular flexibility index (Phi) is 8.80. The first-order valence-corrected chi connectivity index (χ1v) is 15.0. The molecular formula is C30H35N3O6S. The summed E-state index contributed by atoms with van der Waals surface area (Å²) in [6.07, 6.45) is 1.89. The molecule has 4 bridgehead atoms. The Labute approximate surface area is 235 Å². The highest BCUT2D eigenvalue weighted by molar-refractivity contribution is 7.92. The number of nitrogens with one attached hydrogen (secondary N) is 1. The first-order chi connectivity index (χ1) is 19.0. The van der Waals surface area contributed by atoms with E-state index in [1.54, 1.807) is 25.1 Å². The highest BCUT2D eigenvalue weighted by Gasteiger charge is 2.31. The summed E-state index contributed by atoms with van der Waals surface area (Å²) in [4.78, 5) is 26.6. The second kappa shape index (κ2) is 12.1. The minimum absolute atomic E-state index is 0.138. The SMILES string of the molecule is CCCN(c1cc2cc(c1)C(=O)NC(c1ccccc1)COc1cccc(c1)CC(C)(N)C(=O)OC2)S(C)(=O)=O. The van der Waals surface area contributed by atoms with Gasteiger partial charge in [-0.05, 0) is 60.4 Å². The number of hydrogen-bond acceptors (Lipinski definition) is 7. The van der Waals surface area contributed by atoms with Gasteiger partial charge in [0.2, 0.25) is 10.0 Å². The van der Waals surface area contributed by atoms with Gasteiger partial charge in [0.25, 0.3) is 5.91 Å². The quantitative estimate of drug-likeness (QED) is 0.451. The molecule has 2 unspecified atom stereocenters. The number of nitrogens with zero attached hydrogens (tertiary/aromatic N) is 1. The number of benzene rings is 3. The molecule has 3 aromatic rings. The van der Waals surface area contributed by atoms with E-state index in [1.165, 1.54) is 10.4 Å².